The van der Waals surface area contributed by atoms with Gasteiger partial charge in [0, 0.05) is 0 Å². The number of likely N-dealkylation sites (tertiary alicyclic amines) is 1. The first-order chi connectivity index (χ1) is 6.82. The summed E-state index contributed by atoms with van der Waals surface area (Å²) in [4.78, 5) is 3.38. The Bertz CT molecular complexity index is 195. The Hall–Kier alpha value is -0.290. The second-order valence-corrected chi connectivity index (χ2v) is 4.59. The van der Waals surface area contributed by atoms with Crippen LogP contribution in [0.4, 0.5) is 13.2 Å². The highest BCUT2D eigenvalue weighted by atomic mass is 19.4. The lowest BCUT2D eigenvalue weighted by molar-refractivity contribution is -0.194. The molecule has 0 aliphatic carbocycles. The molecule has 1 atom stereocenters. The topological polar surface area (TPSA) is 6.48 Å². The summed E-state index contributed by atoms with van der Waals surface area (Å²) in [6, 6.07) is -1.29. The molecular formula is C10H19F3N2. The minimum atomic E-state index is -4.11. The van der Waals surface area contributed by atoms with E-state index >= 15 is 0 Å². The summed E-state index contributed by atoms with van der Waals surface area (Å²) in [6.45, 7) is 1.54. The lowest BCUT2D eigenvalue weighted by Crippen LogP contribution is -2.49. The van der Waals surface area contributed by atoms with Crippen LogP contribution in [0.15, 0.2) is 0 Å². The number of hydrogen-bond acceptors (Lipinski definition) is 2. The average molecular weight is 224 g/mol. The SMILES string of the molecule is CN1CCC(C(N(C)C)C(F)(F)F)CC1. The molecule has 0 aromatic rings. The maximum absolute atomic E-state index is 12.8. The summed E-state index contributed by atoms with van der Waals surface area (Å²) in [6.07, 6.45) is -2.83. The maximum atomic E-state index is 12.8. The molecule has 5 heteroatoms. The molecule has 1 heterocycles. The third-order valence-corrected chi connectivity index (χ3v) is 3.10. The van der Waals surface area contributed by atoms with Crippen LogP contribution < -0.4 is 0 Å². The van der Waals surface area contributed by atoms with Gasteiger partial charge in [0.2, 0.25) is 0 Å². The van der Waals surface area contributed by atoms with Crippen molar-refractivity contribution in [1.29, 1.82) is 0 Å². The van der Waals surface area contributed by atoms with Gasteiger partial charge in [0.05, 0.1) is 0 Å². The van der Waals surface area contributed by atoms with Crippen LogP contribution in [-0.4, -0.2) is 56.3 Å². The first kappa shape index (κ1) is 12.8. The molecule has 0 saturated carbocycles. The second kappa shape index (κ2) is 4.70. The Morgan fingerprint density at radius 3 is 2.00 bits per heavy atom. The van der Waals surface area contributed by atoms with E-state index < -0.39 is 12.2 Å². The van der Waals surface area contributed by atoms with Gasteiger partial charge in [-0.1, -0.05) is 0 Å². The molecule has 0 aromatic heterocycles. The number of halogens is 3. The Labute approximate surface area is 89.0 Å². The van der Waals surface area contributed by atoms with Crippen molar-refractivity contribution in [1.82, 2.24) is 9.80 Å². The van der Waals surface area contributed by atoms with Crippen LogP contribution in [0.5, 0.6) is 0 Å². The van der Waals surface area contributed by atoms with E-state index in [1.807, 2.05) is 7.05 Å². The molecule has 2 nitrogen and oxygen atoms in total. The van der Waals surface area contributed by atoms with Crippen molar-refractivity contribution in [3.05, 3.63) is 0 Å². The van der Waals surface area contributed by atoms with Crippen LogP contribution in [0.2, 0.25) is 0 Å². The number of piperidine rings is 1. The molecule has 1 rings (SSSR count). The predicted molar refractivity (Wildman–Crippen MR) is 53.8 cm³/mol. The van der Waals surface area contributed by atoms with Gasteiger partial charge in [-0.15, -0.1) is 0 Å². The molecular weight excluding hydrogens is 205 g/mol. The number of alkyl halides is 3. The molecule has 1 fully saturated rings. The van der Waals surface area contributed by atoms with E-state index in [9.17, 15) is 13.2 Å². The second-order valence-electron chi connectivity index (χ2n) is 4.59. The van der Waals surface area contributed by atoms with Crippen LogP contribution in [0.3, 0.4) is 0 Å². The zero-order valence-electron chi connectivity index (χ0n) is 9.51. The van der Waals surface area contributed by atoms with Gasteiger partial charge < -0.3 is 4.90 Å². The number of hydrogen-bond donors (Lipinski definition) is 0. The summed E-state index contributed by atoms with van der Waals surface area (Å²) in [5.74, 6) is -0.254. The smallest absolute Gasteiger partial charge is 0.306 e. The average Bonchev–Trinajstić information content (AvgIpc) is 2.05. The molecule has 0 spiro atoms. The summed E-state index contributed by atoms with van der Waals surface area (Å²) < 4.78 is 38.4. The van der Waals surface area contributed by atoms with Crippen molar-refractivity contribution in [2.24, 2.45) is 5.92 Å². The van der Waals surface area contributed by atoms with E-state index in [0.717, 1.165) is 13.1 Å². The highest BCUT2D eigenvalue weighted by Crippen LogP contribution is 2.33. The van der Waals surface area contributed by atoms with Gasteiger partial charge in [0.25, 0.3) is 0 Å². The van der Waals surface area contributed by atoms with Gasteiger partial charge in [-0.2, -0.15) is 13.2 Å². The third-order valence-electron chi connectivity index (χ3n) is 3.10. The van der Waals surface area contributed by atoms with Gasteiger partial charge in [0.15, 0.2) is 0 Å². The van der Waals surface area contributed by atoms with E-state index in [4.69, 9.17) is 0 Å². The van der Waals surface area contributed by atoms with Crippen LogP contribution in [0.25, 0.3) is 0 Å². The predicted octanol–water partition coefficient (Wildman–Crippen LogP) is 1.82. The molecule has 1 aliphatic heterocycles. The Kier molecular flexibility index (Phi) is 4.00. The molecule has 1 aliphatic rings. The molecule has 1 saturated heterocycles. The first-order valence-corrected chi connectivity index (χ1v) is 5.24. The van der Waals surface area contributed by atoms with Gasteiger partial charge in [-0.25, -0.2) is 0 Å². The summed E-state index contributed by atoms with van der Waals surface area (Å²) in [5, 5.41) is 0. The van der Waals surface area contributed by atoms with Gasteiger partial charge in [0.1, 0.15) is 6.04 Å². The fourth-order valence-electron chi connectivity index (χ4n) is 2.33. The lowest BCUT2D eigenvalue weighted by Gasteiger charge is -2.38. The molecule has 0 aromatic carbocycles. The van der Waals surface area contributed by atoms with E-state index in [-0.39, 0.29) is 5.92 Å². The minimum absolute atomic E-state index is 0.254. The quantitative estimate of drug-likeness (QED) is 0.706. The number of nitrogens with zero attached hydrogens (tertiary/aromatic N) is 2. The van der Waals surface area contributed by atoms with Crippen molar-refractivity contribution in [2.75, 3.05) is 34.2 Å². The zero-order valence-corrected chi connectivity index (χ0v) is 9.51. The van der Waals surface area contributed by atoms with Gasteiger partial charge in [-0.05, 0) is 53.0 Å². The van der Waals surface area contributed by atoms with Crippen molar-refractivity contribution in [3.63, 3.8) is 0 Å². The van der Waals surface area contributed by atoms with E-state index in [0.29, 0.717) is 12.8 Å². The maximum Gasteiger partial charge on any atom is 0.404 e. The molecule has 15 heavy (non-hydrogen) atoms. The molecule has 1 unspecified atom stereocenters. The fraction of sp³-hybridized carbons (Fsp3) is 1.00. The Morgan fingerprint density at radius 1 is 1.20 bits per heavy atom. The monoisotopic (exact) mass is 224 g/mol. The lowest BCUT2D eigenvalue weighted by atomic mass is 9.88. The van der Waals surface area contributed by atoms with Crippen LogP contribution in [0, 0.1) is 5.92 Å². The standard InChI is InChI=1S/C10H19F3N2/c1-14(2)9(10(11,12)13)8-4-6-15(3)7-5-8/h8-9H,4-7H2,1-3H3. The Morgan fingerprint density at radius 2 is 1.67 bits per heavy atom. The molecule has 0 N–H and O–H groups in total. The summed E-state index contributed by atoms with van der Waals surface area (Å²) >= 11 is 0. The normalized spacial score (nSPS) is 23.4. The van der Waals surface area contributed by atoms with Crippen LogP contribution in [0.1, 0.15) is 12.8 Å². The van der Waals surface area contributed by atoms with Crippen molar-refractivity contribution in [3.8, 4) is 0 Å². The van der Waals surface area contributed by atoms with Crippen LogP contribution >= 0.6 is 0 Å². The summed E-state index contributed by atoms with van der Waals surface area (Å²) in [7, 11) is 4.97. The molecule has 0 bridgehead atoms. The van der Waals surface area contributed by atoms with E-state index in [1.54, 1.807) is 0 Å². The molecule has 90 valence electrons. The highest BCUT2D eigenvalue weighted by molar-refractivity contribution is 4.86. The number of rotatable bonds is 2. The fourth-order valence-corrected chi connectivity index (χ4v) is 2.33. The largest absolute Gasteiger partial charge is 0.404 e. The zero-order chi connectivity index (χ0) is 11.6. The van der Waals surface area contributed by atoms with E-state index in [2.05, 4.69) is 4.90 Å². The van der Waals surface area contributed by atoms with Gasteiger partial charge >= 0.3 is 6.18 Å². The van der Waals surface area contributed by atoms with Crippen molar-refractivity contribution >= 4 is 0 Å². The molecule has 0 amide bonds. The highest BCUT2D eigenvalue weighted by Gasteiger charge is 2.46. The Balaban J connectivity index is 2.65. The minimum Gasteiger partial charge on any atom is -0.306 e. The van der Waals surface area contributed by atoms with Gasteiger partial charge in [-0.3, -0.25) is 4.90 Å². The van der Waals surface area contributed by atoms with Crippen molar-refractivity contribution < 1.29 is 13.2 Å². The third kappa shape index (κ3) is 3.34. The molecule has 0 radical (unpaired) electrons. The van der Waals surface area contributed by atoms with E-state index in [1.165, 1.54) is 19.0 Å². The van der Waals surface area contributed by atoms with Crippen LogP contribution in [-0.2, 0) is 0 Å². The summed E-state index contributed by atoms with van der Waals surface area (Å²) in [5.41, 5.74) is 0. The van der Waals surface area contributed by atoms with Crippen molar-refractivity contribution in [2.45, 2.75) is 25.1 Å². The first-order valence-electron chi connectivity index (χ1n) is 5.24.